The lowest BCUT2D eigenvalue weighted by Gasteiger charge is -2.16. The Bertz CT molecular complexity index is 1370. The molecule has 5 N–H and O–H groups in total. The lowest BCUT2D eigenvalue weighted by atomic mass is 10.1. The van der Waals surface area contributed by atoms with E-state index in [-0.39, 0.29) is 10.0 Å². The highest BCUT2D eigenvalue weighted by Crippen LogP contribution is 2.28. The number of nitrogens with two attached hydrogens (primary N) is 1. The number of sulfonamides is 1. The van der Waals surface area contributed by atoms with Crippen molar-refractivity contribution in [3.05, 3.63) is 65.5 Å². The summed E-state index contributed by atoms with van der Waals surface area (Å²) in [7, 11) is -0.614. The maximum absolute atomic E-state index is 11.5. The number of aryl methyl sites for hydroxylation is 2. The van der Waals surface area contributed by atoms with Gasteiger partial charge in [-0.05, 0) is 68.4 Å². The number of thiocarbonyl (C=S) groups is 1. The standard InChI is InChI=1S/C24H29N7O4S2/c1-15-13-16(2)28-23(27-15)30-22(26-12-11-17-5-8-19(9-6-17)37(25,32)33)31-24(36)29-20-10-7-18(34-3)14-21(20)35-4/h5-10,13-14H,11-12H2,1-4H3,(H2,25,32,33)(H3,26,27,28,29,30,31,36). The fraction of sp³-hybridized carbons (Fsp3) is 0.250. The molecule has 0 aliphatic carbocycles. The van der Waals surface area contributed by atoms with Crippen LogP contribution in [-0.2, 0) is 16.4 Å². The zero-order chi connectivity index (χ0) is 27.0. The fourth-order valence-corrected chi connectivity index (χ4v) is 4.03. The van der Waals surface area contributed by atoms with Crippen LogP contribution in [0.5, 0.6) is 11.5 Å². The first-order valence-electron chi connectivity index (χ1n) is 11.1. The molecule has 0 atom stereocenters. The van der Waals surface area contributed by atoms with Crippen LogP contribution in [0.15, 0.2) is 58.4 Å². The first kappa shape index (κ1) is 27.8. The normalized spacial score (nSPS) is 11.5. The monoisotopic (exact) mass is 543 g/mol. The van der Waals surface area contributed by atoms with E-state index in [0.717, 1.165) is 17.0 Å². The second kappa shape index (κ2) is 12.4. The second-order valence-corrected chi connectivity index (χ2v) is 9.88. The van der Waals surface area contributed by atoms with Gasteiger partial charge in [0.2, 0.25) is 21.9 Å². The van der Waals surface area contributed by atoms with Crippen LogP contribution in [0.1, 0.15) is 17.0 Å². The summed E-state index contributed by atoms with van der Waals surface area (Å²) in [5.74, 6) is 1.90. The number of guanidine groups is 1. The number of hydrogen-bond donors (Lipinski definition) is 4. The third-order valence-corrected chi connectivity index (χ3v) is 6.16. The molecule has 0 aliphatic rings. The molecule has 37 heavy (non-hydrogen) atoms. The van der Waals surface area contributed by atoms with Crippen LogP contribution < -0.4 is 30.6 Å². The predicted molar refractivity (Wildman–Crippen MR) is 148 cm³/mol. The van der Waals surface area contributed by atoms with Gasteiger partial charge in [-0.25, -0.2) is 23.5 Å². The number of primary sulfonamides is 1. The highest BCUT2D eigenvalue weighted by atomic mass is 32.2. The van der Waals surface area contributed by atoms with Gasteiger partial charge in [-0.3, -0.25) is 10.3 Å². The molecular weight excluding hydrogens is 514 g/mol. The van der Waals surface area contributed by atoms with Gasteiger partial charge >= 0.3 is 0 Å². The van der Waals surface area contributed by atoms with Crippen molar-refractivity contribution in [3.63, 3.8) is 0 Å². The zero-order valence-electron chi connectivity index (χ0n) is 20.9. The average molecular weight is 544 g/mol. The molecule has 0 radical (unpaired) electrons. The number of nitrogens with zero attached hydrogens (tertiary/aromatic N) is 3. The Kier molecular flexibility index (Phi) is 9.33. The molecule has 3 aromatic rings. The Morgan fingerprint density at radius 1 is 1.00 bits per heavy atom. The van der Waals surface area contributed by atoms with Gasteiger partial charge in [-0.1, -0.05) is 12.1 Å². The highest BCUT2D eigenvalue weighted by molar-refractivity contribution is 7.89. The summed E-state index contributed by atoms with van der Waals surface area (Å²) in [6.07, 6.45) is 0.540. The summed E-state index contributed by atoms with van der Waals surface area (Å²) in [5.41, 5.74) is 3.13. The Morgan fingerprint density at radius 3 is 2.27 bits per heavy atom. The first-order chi connectivity index (χ1) is 17.6. The van der Waals surface area contributed by atoms with Crippen LogP contribution in [-0.4, -0.2) is 50.2 Å². The Balaban J connectivity index is 1.76. The van der Waals surface area contributed by atoms with Gasteiger partial charge in [0, 0.05) is 24.0 Å². The van der Waals surface area contributed by atoms with Crippen molar-refractivity contribution in [3.8, 4) is 11.5 Å². The number of ether oxygens (including phenoxy) is 2. The maximum atomic E-state index is 11.5. The number of rotatable bonds is 8. The number of methoxy groups -OCH3 is 2. The summed E-state index contributed by atoms with van der Waals surface area (Å²) in [6, 6.07) is 13.5. The van der Waals surface area contributed by atoms with Crippen molar-refractivity contribution in [1.82, 2.24) is 15.3 Å². The number of aliphatic imine (C=N–C) groups is 1. The van der Waals surface area contributed by atoms with Gasteiger partial charge in [0.15, 0.2) is 5.11 Å². The molecule has 13 heteroatoms. The van der Waals surface area contributed by atoms with Gasteiger partial charge in [-0.2, -0.15) is 0 Å². The molecule has 2 aromatic carbocycles. The summed E-state index contributed by atoms with van der Waals surface area (Å²) >= 11 is 5.50. The van der Waals surface area contributed by atoms with E-state index >= 15 is 0 Å². The minimum atomic E-state index is -3.74. The SMILES string of the molecule is COc1ccc(NC(=S)NC(=NCCc2ccc(S(N)(=O)=O)cc2)Nc2nc(C)cc(C)n2)c(OC)c1. The Morgan fingerprint density at radius 2 is 1.68 bits per heavy atom. The molecule has 0 saturated heterocycles. The Labute approximate surface area is 221 Å². The topological polar surface area (TPSA) is 153 Å². The fourth-order valence-electron chi connectivity index (χ4n) is 3.30. The molecule has 0 fully saturated rings. The molecule has 0 unspecified atom stereocenters. The lowest BCUT2D eigenvalue weighted by Crippen LogP contribution is -2.39. The minimum Gasteiger partial charge on any atom is -0.497 e. The van der Waals surface area contributed by atoms with Gasteiger partial charge < -0.3 is 20.1 Å². The summed E-state index contributed by atoms with van der Waals surface area (Å²) < 4.78 is 33.6. The van der Waals surface area contributed by atoms with E-state index in [1.54, 1.807) is 44.6 Å². The van der Waals surface area contributed by atoms with E-state index in [9.17, 15) is 8.42 Å². The quantitative estimate of drug-likeness (QED) is 0.189. The molecule has 1 aromatic heterocycles. The van der Waals surface area contributed by atoms with Crippen molar-refractivity contribution >= 4 is 44.9 Å². The third kappa shape index (κ3) is 8.37. The molecule has 0 spiro atoms. The van der Waals surface area contributed by atoms with Crippen LogP contribution in [0, 0.1) is 13.8 Å². The lowest BCUT2D eigenvalue weighted by molar-refractivity contribution is 0.395. The largest absolute Gasteiger partial charge is 0.497 e. The number of hydrogen-bond acceptors (Lipinski definition) is 8. The van der Waals surface area contributed by atoms with Crippen LogP contribution >= 0.6 is 12.2 Å². The summed E-state index contributed by atoms with van der Waals surface area (Å²) in [4.78, 5) is 13.4. The maximum Gasteiger partial charge on any atom is 0.238 e. The van der Waals surface area contributed by atoms with Crippen LogP contribution in [0.4, 0.5) is 11.6 Å². The minimum absolute atomic E-state index is 0.0566. The van der Waals surface area contributed by atoms with E-state index in [2.05, 4.69) is 30.9 Å². The number of anilines is 2. The Hall–Kier alpha value is -3.81. The van der Waals surface area contributed by atoms with Gasteiger partial charge in [0.1, 0.15) is 11.5 Å². The second-order valence-electron chi connectivity index (χ2n) is 7.91. The van der Waals surface area contributed by atoms with Crippen LogP contribution in [0.2, 0.25) is 0 Å². The van der Waals surface area contributed by atoms with E-state index in [1.165, 1.54) is 12.1 Å². The molecule has 0 aliphatic heterocycles. The number of benzene rings is 2. The predicted octanol–water partition coefficient (Wildman–Crippen LogP) is 2.76. The smallest absolute Gasteiger partial charge is 0.238 e. The molecular formula is C24H29N7O4S2. The molecule has 1 heterocycles. The third-order valence-electron chi connectivity index (χ3n) is 5.02. The molecule has 196 valence electrons. The van der Waals surface area contributed by atoms with Crippen LogP contribution in [0.25, 0.3) is 0 Å². The number of aromatic nitrogens is 2. The first-order valence-corrected chi connectivity index (χ1v) is 13.1. The highest BCUT2D eigenvalue weighted by Gasteiger charge is 2.11. The molecule has 0 saturated carbocycles. The average Bonchev–Trinajstić information content (AvgIpc) is 2.83. The van der Waals surface area contributed by atoms with E-state index in [1.807, 2.05) is 19.9 Å². The van der Waals surface area contributed by atoms with Crippen LogP contribution in [0.3, 0.4) is 0 Å². The molecule has 11 nitrogen and oxygen atoms in total. The van der Waals surface area contributed by atoms with Crippen molar-refractivity contribution in [2.24, 2.45) is 10.1 Å². The van der Waals surface area contributed by atoms with Gasteiger partial charge in [-0.15, -0.1) is 0 Å². The van der Waals surface area contributed by atoms with Crippen molar-refractivity contribution in [2.75, 3.05) is 31.4 Å². The van der Waals surface area contributed by atoms with Crippen molar-refractivity contribution in [2.45, 2.75) is 25.2 Å². The zero-order valence-corrected chi connectivity index (χ0v) is 22.5. The van der Waals surface area contributed by atoms with Gasteiger partial charge in [0.25, 0.3) is 0 Å². The molecule has 0 bridgehead atoms. The summed E-state index contributed by atoms with van der Waals surface area (Å²) in [5, 5.41) is 14.6. The van der Waals surface area contributed by atoms with Crippen molar-refractivity contribution < 1.29 is 17.9 Å². The van der Waals surface area contributed by atoms with Gasteiger partial charge in [0.05, 0.1) is 24.8 Å². The van der Waals surface area contributed by atoms with E-state index < -0.39 is 10.0 Å². The molecule has 0 amide bonds. The summed E-state index contributed by atoms with van der Waals surface area (Å²) in [6.45, 7) is 4.11. The number of nitrogens with one attached hydrogen (secondary N) is 3. The van der Waals surface area contributed by atoms with E-state index in [0.29, 0.717) is 42.1 Å². The molecule has 3 rings (SSSR count). The van der Waals surface area contributed by atoms with E-state index in [4.69, 9.17) is 26.8 Å². The van der Waals surface area contributed by atoms with Crippen molar-refractivity contribution in [1.29, 1.82) is 0 Å².